The topological polar surface area (TPSA) is 115 Å². The van der Waals surface area contributed by atoms with Crippen LogP contribution >= 0.6 is 0 Å². The van der Waals surface area contributed by atoms with Crippen LogP contribution < -0.4 is 9.64 Å². The zero-order valence-electron chi connectivity index (χ0n) is 26.0. The number of aromatic hydroxyl groups is 1. The monoisotopic (exact) mass is 647 g/mol. The maximum absolute atomic E-state index is 17.0. The van der Waals surface area contributed by atoms with Gasteiger partial charge in [-0.1, -0.05) is 6.07 Å². The molecule has 5 aromatic rings. The highest BCUT2D eigenvalue weighted by Gasteiger charge is 2.51. The Kier molecular flexibility index (Phi) is 5.88. The lowest BCUT2D eigenvalue weighted by Crippen LogP contribution is -2.52. The van der Waals surface area contributed by atoms with Gasteiger partial charge in [0.25, 0.3) is 0 Å². The summed E-state index contributed by atoms with van der Waals surface area (Å²) in [5.74, 6) is 0.591. The highest BCUT2D eigenvalue weighted by Crippen LogP contribution is 2.51. The van der Waals surface area contributed by atoms with E-state index < -0.39 is 11.6 Å². The molecule has 10 rings (SSSR count). The Morgan fingerprint density at radius 3 is 2.56 bits per heavy atom. The first-order chi connectivity index (χ1) is 23.4. The van der Waals surface area contributed by atoms with E-state index in [-0.39, 0.29) is 62.2 Å². The fourth-order valence-corrected chi connectivity index (χ4v) is 8.59. The summed E-state index contributed by atoms with van der Waals surface area (Å²) in [6.45, 7) is 4.70. The van der Waals surface area contributed by atoms with E-state index >= 15 is 8.78 Å². The lowest BCUT2D eigenvalue weighted by molar-refractivity contribution is 0.163. The molecular formula is C36H31F2N7O3. The van der Waals surface area contributed by atoms with Crippen molar-refractivity contribution in [1.29, 1.82) is 5.26 Å². The van der Waals surface area contributed by atoms with Gasteiger partial charge in [0.05, 0.1) is 24.1 Å². The number of halogens is 2. The molecule has 3 aromatic heterocycles. The van der Waals surface area contributed by atoms with E-state index in [0.29, 0.717) is 36.3 Å². The van der Waals surface area contributed by atoms with Gasteiger partial charge in [0.15, 0.2) is 12.0 Å². The van der Waals surface area contributed by atoms with Crippen LogP contribution in [0.3, 0.4) is 0 Å². The number of nitriles is 1. The third-order valence-corrected chi connectivity index (χ3v) is 11.3. The van der Waals surface area contributed by atoms with E-state index in [9.17, 15) is 10.4 Å². The predicted octanol–water partition coefficient (Wildman–Crippen LogP) is 5.47. The number of fused-ring (bicyclic) bond motifs is 8. The van der Waals surface area contributed by atoms with Gasteiger partial charge < -0.3 is 29.0 Å². The SMILES string of the molecule is N#CN1C2CCC1CN(c1nc(OCC3(CN4CC5CC5C4)CC3)nc3c(F)c4nc(oc#cc5c(F)ccc6cc(O)cc4c65)c13)C2. The molecule has 4 bridgehead atoms. The van der Waals surface area contributed by atoms with Crippen molar-refractivity contribution >= 4 is 49.5 Å². The van der Waals surface area contributed by atoms with Gasteiger partial charge in [0.1, 0.15) is 40.1 Å². The number of phenolic OH excluding ortho intramolecular Hbond substituents is 1. The normalized spacial score (nSPS) is 25.4. The van der Waals surface area contributed by atoms with E-state index in [1.807, 2.05) is 9.80 Å². The van der Waals surface area contributed by atoms with E-state index in [0.717, 1.165) is 57.2 Å². The number of piperidine rings is 1. The molecule has 0 spiro atoms. The number of hydrogen-bond donors (Lipinski definition) is 1. The summed E-state index contributed by atoms with van der Waals surface area (Å²) in [6.07, 6.45) is 10.1. The van der Waals surface area contributed by atoms with Crippen molar-refractivity contribution in [2.75, 3.05) is 44.2 Å². The average Bonchev–Trinajstić information content (AvgIpc) is 3.96. The van der Waals surface area contributed by atoms with Gasteiger partial charge in [-0.15, -0.1) is 0 Å². The number of phenols is 1. The van der Waals surface area contributed by atoms with E-state index in [2.05, 4.69) is 33.4 Å². The van der Waals surface area contributed by atoms with Gasteiger partial charge in [-0.2, -0.15) is 15.2 Å². The van der Waals surface area contributed by atoms with Crippen LogP contribution in [-0.4, -0.2) is 81.3 Å². The Hall–Kier alpha value is -4.94. The summed E-state index contributed by atoms with van der Waals surface area (Å²) in [5.41, 5.74) is -0.223. The lowest BCUT2D eigenvalue weighted by Gasteiger charge is -2.38. The van der Waals surface area contributed by atoms with E-state index in [4.69, 9.17) is 14.1 Å². The number of likely N-dealkylation sites (tertiary alicyclic amines) is 1. The van der Waals surface area contributed by atoms with Gasteiger partial charge >= 0.3 is 6.01 Å². The third-order valence-electron chi connectivity index (χ3n) is 11.3. The summed E-state index contributed by atoms with van der Waals surface area (Å²) in [6, 6.07) is 8.40. The lowest BCUT2D eigenvalue weighted by atomic mass is 10.0. The fraction of sp³-hybridized carbons (Fsp3) is 0.444. The summed E-state index contributed by atoms with van der Waals surface area (Å²) in [4.78, 5) is 20.6. The first kappa shape index (κ1) is 28.1. The largest absolute Gasteiger partial charge is 0.508 e. The Labute approximate surface area is 274 Å². The summed E-state index contributed by atoms with van der Waals surface area (Å²) in [5, 5.41) is 21.6. The molecular weight excluding hydrogens is 616 g/mol. The zero-order valence-corrected chi connectivity index (χ0v) is 26.0. The van der Waals surface area contributed by atoms with Gasteiger partial charge in [-0.3, -0.25) is 0 Å². The van der Waals surface area contributed by atoms with Crippen LogP contribution in [0.4, 0.5) is 14.6 Å². The molecule has 1 N–H and O–H groups in total. The molecule has 2 aromatic carbocycles. The van der Waals surface area contributed by atoms with Crippen molar-refractivity contribution in [3.63, 3.8) is 0 Å². The van der Waals surface area contributed by atoms with Crippen LogP contribution in [0.15, 0.2) is 28.7 Å². The first-order valence-corrected chi connectivity index (χ1v) is 16.7. The van der Waals surface area contributed by atoms with Crippen molar-refractivity contribution in [3.8, 4) is 18.0 Å². The van der Waals surface area contributed by atoms with Crippen molar-refractivity contribution < 1.29 is 23.0 Å². The smallest absolute Gasteiger partial charge is 0.319 e. The molecule has 12 heteroatoms. The zero-order chi connectivity index (χ0) is 32.3. The Bertz CT molecular complexity index is 2220. The van der Waals surface area contributed by atoms with E-state index in [1.165, 1.54) is 30.7 Å². The summed E-state index contributed by atoms with van der Waals surface area (Å²) >= 11 is 0. The van der Waals surface area contributed by atoms with Crippen LogP contribution in [0.25, 0.3) is 43.7 Å². The third kappa shape index (κ3) is 4.35. The Balaban J connectivity index is 1.15. The van der Waals surface area contributed by atoms with Gasteiger partial charge in [0.2, 0.25) is 5.71 Å². The summed E-state index contributed by atoms with van der Waals surface area (Å²) in [7, 11) is 0. The first-order valence-electron chi connectivity index (χ1n) is 16.7. The second-order valence-corrected chi connectivity index (χ2v) is 14.5. The van der Waals surface area contributed by atoms with Crippen LogP contribution in [0.2, 0.25) is 0 Å². The second-order valence-electron chi connectivity index (χ2n) is 14.5. The van der Waals surface area contributed by atoms with Crippen molar-refractivity contribution in [2.24, 2.45) is 17.3 Å². The fourth-order valence-electron chi connectivity index (χ4n) is 8.59. The van der Waals surface area contributed by atoms with Crippen LogP contribution in [0.1, 0.15) is 32.1 Å². The van der Waals surface area contributed by atoms with Crippen molar-refractivity contribution in [2.45, 2.75) is 44.2 Å². The highest BCUT2D eigenvalue weighted by molar-refractivity contribution is 6.16. The predicted molar refractivity (Wildman–Crippen MR) is 172 cm³/mol. The van der Waals surface area contributed by atoms with Crippen LogP contribution in [0.5, 0.6) is 11.8 Å². The Morgan fingerprint density at radius 1 is 1.02 bits per heavy atom. The standard InChI is InChI=1S/C36H31F2N7O3/c37-27-4-1-19-10-24(46)11-26-28(19)25(27)5-8-47-34-29-32(30(38)31(26)40-34)41-35(42-33(29)44-14-22-2-3-23(15-44)45(22)18-39)48-17-36(6-7-36)16-43-12-20-9-21(20)13-43/h1,4,10-11,20-23,46H,2-3,6-7,9,12-17H2. The maximum Gasteiger partial charge on any atom is 0.319 e. The van der Waals surface area contributed by atoms with Crippen molar-refractivity contribution in [3.05, 3.63) is 48.2 Å². The quantitative estimate of drug-likeness (QED) is 0.238. The number of rotatable bonds is 6. The van der Waals surface area contributed by atoms with E-state index in [1.54, 1.807) is 0 Å². The molecule has 3 saturated heterocycles. The molecule has 5 fully saturated rings. The molecule has 0 radical (unpaired) electrons. The van der Waals surface area contributed by atoms with Gasteiger partial charge in [0, 0.05) is 48.9 Å². The molecule has 48 heavy (non-hydrogen) atoms. The molecule has 2 saturated carbocycles. The maximum atomic E-state index is 17.0. The number of benzene rings is 2. The number of aromatic nitrogens is 3. The second kappa shape index (κ2) is 10.0. The molecule has 10 nitrogen and oxygen atoms in total. The molecule has 6 heterocycles. The van der Waals surface area contributed by atoms with Crippen LogP contribution in [-0.2, 0) is 0 Å². The van der Waals surface area contributed by atoms with Crippen LogP contribution in [0, 0.1) is 52.7 Å². The highest BCUT2D eigenvalue weighted by atomic mass is 19.1. The Morgan fingerprint density at radius 2 is 1.81 bits per heavy atom. The molecule has 2 aliphatic carbocycles. The molecule has 0 amide bonds. The minimum Gasteiger partial charge on any atom is -0.508 e. The number of ether oxygens (including phenoxy) is 1. The minimum absolute atomic E-state index is 0.00841. The van der Waals surface area contributed by atoms with Crippen molar-refractivity contribution in [1.82, 2.24) is 24.8 Å². The molecule has 4 atom stereocenters. The number of anilines is 1. The number of piperazine rings is 1. The number of hydrogen-bond acceptors (Lipinski definition) is 10. The van der Waals surface area contributed by atoms with Gasteiger partial charge in [-0.05, 0) is 73.6 Å². The summed E-state index contributed by atoms with van der Waals surface area (Å²) < 4.78 is 44.5. The molecule has 242 valence electrons. The molecule has 5 aliphatic rings. The number of pyridine rings is 1. The number of nitrogens with zero attached hydrogens (tertiary/aromatic N) is 7. The minimum atomic E-state index is -0.772. The molecule has 3 aliphatic heterocycles. The average molecular weight is 648 g/mol. The van der Waals surface area contributed by atoms with Gasteiger partial charge in [-0.25, -0.2) is 13.8 Å². The molecule has 4 unspecified atom stereocenters.